The van der Waals surface area contributed by atoms with Gasteiger partial charge >= 0.3 is 0 Å². The third-order valence-corrected chi connectivity index (χ3v) is 3.25. The Hall–Kier alpha value is -2.17. The zero-order valence-electron chi connectivity index (χ0n) is 12.0. The summed E-state index contributed by atoms with van der Waals surface area (Å²) >= 11 is 0. The van der Waals surface area contributed by atoms with Crippen LogP contribution in [0.15, 0.2) is 23.0 Å². The van der Waals surface area contributed by atoms with E-state index in [1.807, 2.05) is 6.92 Å². The molecule has 0 aliphatic rings. The van der Waals surface area contributed by atoms with Gasteiger partial charge in [0, 0.05) is 5.69 Å². The number of aromatic nitrogens is 2. The van der Waals surface area contributed by atoms with Crippen molar-refractivity contribution >= 4 is 5.69 Å². The van der Waals surface area contributed by atoms with E-state index in [1.165, 1.54) is 6.07 Å². The van der Waals surface area contributed by atoms with Gasteiger partial charge in [-0.3, -0.25) is 4.79 Å². The highest BCUT2D eigenvalue weighted by Gasteiger charge is 2.14. The summed E-state index contributed by atoms with van der Waals surface area (Å²) < 4.78 is 13.5. The van der Waals surface area contributed by atoms with Crippen LogP contribution in [0.5, 0.6) is 0 Å². The van der Waals surface area contributed by atoms with Crippen molar-refractivity contribution in [2.75, 3.05) is 5.32 Å². The van der Waals surface area contributed by atoms with E-state index in [0.717, 1.165) is 0 Å². The number of nitrogens with one attached hydrogen (secondary N) is 2. The second-order valence-corrected chi connectivity index (χ2v) is 4.98. The van der Waals surface area contributed by atoms with Crippen LogP contribution in [0.4, 0.5) is 10.1 Å². The zero-order chi connectivity index (χ0) is 14.9. The lowest BCUT2D eigenvalue weighted by molar-refractivity contribution is 0.618. The molecule has 0 fully saturated rings. The highest BCUT2D eigenvalue weighted by Crippen LogP contribution is 2.20. The van der Waals surface area contributed by atoms with Crippen LogP contribution in [0.2, 0.25) is 0 Å². The molecule has 0 radical (unpaired) electrons. The summed E-state index contributed by atoms with van der Waals surface area (Å²) in [5.41, 5.74) is 2.31. The summed E-state index contributed by atoms with van der Waals surface area (Å²) in [4.78, 5) is 18.9. The van der Waals surface area contributed by atoms with E-state index >= 15 is 0 Å². The molecule has 4 nitrogen and oxygen atoms in total. The molecule has 20 heavy (non-hydrogen) atoms. The van der Waals surface area contributed by atoms with E-state index in [4.69, 9.17) is 0 Å². The Kier molecular flexibility index (Phi) is 3.88. The number of anilines is 1. The Morgan fingerprint density at radius 3 is 2.60 bits per heavy atom. The minimum absolute atomic E-state index is 0.164. The fraction of sp³-hybridized carbons (Fsp3) is 0.333. The predicted molar refractivity (Wildman–Crippen MR) is 77.5 cm³/mol. The Morgan fingerprint density at radius 2 is 2.00 bits per heavy atom. The number of H-pyrrole nitrogens is 1. The summed E-state index contributed by atoms with van der Waals surface area (Å²) in [5.74, 6) is 0.319. The zero-order valence-corrected chi connectivity index (χ0v) is 12.0. The van der Waals surface area contributed by atoms with E-state index in [1.54, 1.807) is 32.9 Å². The first kappa shape index (κ1) is 14.2. The van der Waals surface area contributed by atoms with Crippen molar-refractivity contribution in [3.63, 3.8) is 0 Å². The number of rotatable bonds is 3. The van der Waals surface area contributed by atoms with Crippen LogP contribution in [0.3, 0.4) is 0 Å². The normalized spacial score (nSPS) is 12.2. The minimum Gasteiger partial charge on any atom is -0.378 e. The first-order valence-electron chi connectivity index (χ1n) is 6.48. The molecule has 0 spiro atoms. The molecular formula is C15H18FN3O. The smallest absolute Gasteiger partial charge is 0.256 e. The number of hydrogen-bond donors (Lipinski definition) is 2. The first-order chi connectivity index (χ1) is 9.38. The predicted octanol–water partition coefficient (Wildman–Crippen LogP) is 3.01. The molecular weight excluding hydrogens is 257 g/mol. The van der Waals surface area contributed by atoms with Crippen LogP contribution >= 0.6 is 0 Å². The second-order valence-electron chi connectivity index (χ2n) is 4.98. The Morgan fingerprint density at radius 1 is 1.30 bits per heavy atom. The van der Waals surface area contributed by atoms with E-state index in [9.17, 15) is 9.18 Å². The molecule has 2 rings (SSSR count). The van der Waals surface area contributed by atoms with Gasteiger partial charge in [-0.15, -0.1) is 0 Å². The van der Waals surface area contributed by atoms with Crippen molar-refractivity contribution < 1.29 is 4.39 Å². The molecule has 0 bridgehead atoms. The molecule has 1 aromatic carbocycles. The van der Waals surface area contributed by atoms with Gasteiger partial charge in [-0.1, -0.05) is 6.07 Å². The molecule has 1 atom stereocenters. The third-order valence-electron chi connectivity index (χ3n) is 3.25. The van der Waals surface area contributed by atoms with Crippen LogP contribution in [0, 0.1) is 26.6 Å². The maximum Gasteiger partial charge on any atom is 0.256 e. The summed E-state index contributed by atoms with van der Waals surface area (Å²) in [6.45, 7) is 7.10. The van der Waals surface area contributed by atoms with Gasteiger partial charge in [0.05, 0.1) is 17.3 Å². The number of nitrogens with zero attached hydrogens (tertiary/aromatic N) is 1. The lowest BCUT2D eigenvalue weighted by Gasteiger charge is -2.17. The topological polar surface area (TPSA) is 57.8 Å². The van der Waals surface area contributed by atoms with Gasteiger partial charge in [0.1, 0.15) is 11.6 Å². The molecule has 106 valence electrons. The van der Waals surface area contributed by atoms with Gasteiger partial charge in [-0.25, -0.2) is 9.37 Å². The average Bonchev–Trinajstić information content (AvgIpc) is 2.32. The number of aromatic amines is 1. The number of benzene rings is 1. The summed E-state index contributed by atoms with van der Waals surface area (Å²) in [5, 5.41) is 3.13. The Balaban J connectivity index is 2.30. The maximum atomic E-state index is 13.5. The molecule has 0 saturated heterocycles. The van der Waals surface area contributed by atoms with Gasteiger partial charge < -0.3 is 10.3 Å². The molecule has 0 aliphatic carbocycles. The molecule has 1 unspecified atom stereocenters. The summed E-state index contributed by atoms with van der Waals surface area (Å²) in [7, 11) is 0. The van der Waals surface area contributed by atoms with E-state index in [-0.39, 0.29) is 17.4 Å². The summed E-state index contributed by atoms with van der Waals surface area (Å²) in [6, 6.07) is 4.67. The van der Waals surface area contributed by atoms with Crippen molar-refractivity contribution in [1.82, 2.24) is 9.97 Å². The fourth-order valence-corrected chi connectivity index (χ4v) is 2.25. The molecule has 1 aromatic heterocycles. The standard InChI is InChI=1S/C15H18FN3O/c1-8-5-6-12(7-13(8)16)18-10(3)14-9(2)17-11(4)19-15(14)20/h5-7,10,18H,1-4H3,(H,17,19,20). The van der Waals surface area contributed by atoms with E-state index in [0.29, 0.717) is 28.3 Å². The molecule has 5 heteroatoms. The first-order valence-corrected chi connectivity index (χ1v) is 6.48. The average molecular weight is 275 g/mol. The molecule has 0 aliphatic heterocycles. The highest BCUT2D eigenvalue weighted by molar-refractivity contribution is 5.47. The van der Waals surface area contributed by atoms with Gasteiger partial charge in [0.2, 0.25) is 0 Å². The van der Waals surface area contributed by atoms with Gasteiger partial charge in [0.15, 0.2) is 0 Å². The van der Waals surface area contributed by atoms with Gasteiger partial charge in [-0.2, -0.15) is 0 Å². The minimum atomic E-state index is -0.269. The SMILES string of the molecule is Cc1nc(C)c(C(C)Nc2ccc(C)c(F)c2)c(=O)[nH]1. The van der Waals surface area contributed by atoms with Crippen molar-refractivity contribution in [1.29, 1.82) is 0 Å². The largest absolute Gasteiger partial charge is 0.378 e. The monoisotopic (exact) mass is 275 g/mol. The number of halogens is 1. The van der Waals surface area contributed by atoms with Crippen LogP contribution in [0.25, 0.3) is 0 Å². The number of hydrogen-bond acceptors (Lipinski definition) is 3. The number of aryl methyl sites for hydroxylation is 3. The van der Waals surface area contributed by atoms with Crippen molar-refractivity contribution in [2.45, 2.75) is 33.7 Å². The Bertz CT molecular complexity index is 694. The lowest BCUT2D eigenvalue weighted by atomic mass is 10.1. The van der Waals surface area contributed by atoms with Gasteiger partial charge in [0.25, 0.3) is 5.56 Å². The molecule has 2 aromatic rings. The van der Waals surface area contributed by atoms with Crippen molar-refractivity contribution in [2.24, 2.45) is 0 Å². The molecule has 1 heterocycles. The molecule has 0 saturated carbocycles. The highest BCUT2D eigenvalue weighted by atomic mass is 19.1. The molecule has 2 N–H and O–H groups in total. The van der Waals surface area contributed by atoms with Crippen molar-refractivity contribution in [3.05, 3.63) is 57.0 Å². The maximum absolute atomic E-state index is 13.5. The van der Waals surface area contributed by atoms with Crippen LogP contribution in [0.1, 0.15) is 35.6 Å². The molecule has 0 amide bonds. The van der Waals surface area contributed by atoms with Crippen LogP contribution < -0.4 is 10.9 Å². The van der Waals surface area contributed by atoms with Gasteiger partial charge in [-0.05, 0) is 45.4 Å². The summed E-state index contributed by atoms with van der Waals surface area (Å²) in [6.07, 6.45) is 0. The Labute approximate surface area is 117 Å². The van der Waals surface area contributed by atoms with E-state index in [2.05, 4.69) is 15.3 Å². The lowest BCUT2D eigenvalue weighted by Crippen LogP contribution is -2.23. The quantitative estimate of drug-likeness (QED) is 0.905. The van der Waals surface area contributed by atoms with E-state index < -0.39 is 0 Å². The fourth-order valence-electron chi connectivity index (χ4n) is 2.25. The van der Waals surface area contributed by atoms with Crippen molar-refractivity contribution in [3.8, 4) is 0 Å². The van der Waals surface area contributed by atoms with Crippen LogP contribution in [-0.2, 0) is 0 Å². The second kappa shape index (κ2) is 5.45. The van der Waals surface area contributed by atoms with Crippen LogP contribution in [-0.4, -0.2) is 9.97 Å². The third kappa shape index (κ3) is 2.87.